The summed E-state index contributed by atoms with van der Waals surface area (Å²) in [5.74, 6) is 0.0119. The molecule has 0 N–H and O–H groups in total. The fraction of sp³-hybridized carbons (Fsp3) is 0.625. The van der Waals surface area contributed by atoms with E-state index in [4.69, 9.17) is 11.6 Å². The molecule has 0 bridgehead atoms. The molecule has 0 aromatic carbocycles. The summed E-state index contributed by atoms with van der Waals surface area (Å²) in [6.45, 7) is 3.90. The molecule has 0 saturated heterocycles. The van der Waals surface area contributed by atoms with Gasteiger partial charge in [0.1, 0.15) is 0 Å². The van der Waals surface area contributed by atoms with E-state index in [1.807, 2.05) is 26.0 Å². The minimum Gasteiger partial charge on any atom is -0.281 e. The summed E-state index contributed by atoms with van der Waals surface area (Å²) < 4.78 is 0. The lowest BCUT2D eigenvalue weighted by Gasteiger charge is -2.04. The van der Waals surface area contributed by atoms with Crippen molar-refractivity contribution in [1.82, 2.24) is 0 Å². The molecule has 0 aromatic heterocycles. The van der Waals surface area contributed by atoms with Gasteiger partial charge in [-0.1, -0.05) is 19.1 Å². The normalized spacial score (nSPS) is 13.9. The Hall–Kier alpha value is -0.300. The zero-order valence-electron chi connectivity index (χ0n) is 6.43. The van der Waals surface area contributed by atoms with E-state index in [1.54, 1.807) is 0 Å². The number of halogens is 1. The number of allylic oxidation sites excluding steroid dienone is 2. The lowest BCUT2D eigenvalue weighted by atomic mass is 10.0. The standard InChI is InChI=1S/C8H13ClO/c1-3-5-6-7(4-2)8(9)10/h3,5,7H,4,6H2,1-2H3. The molecule has 10 heavy (non-hydrogen) atoms. The first-order chi connectivity index (χ1) is 4.72. The lowest BCUT2D eigenvalue weighted by molar-refractivity contribution is -0.115. The van der Waals surface area contributed by atoms with Gasteiger partial charge < -0.3 is 0 Å². The molecule has 2 heteroatoms. The van der Waals surface area contributed by atoms with Crippen molar-refractivity contribution in [1.29, 1.82) is 0 Å². The van der Waals surface area contributed by atoms with Gasteiger partial charge in [0.25, 0.3) is 0 Å². The zero-order valence-corrected chi connectivity index (χ0v) is 7.19. The molecule has 0 aliphatic rings. The van der Waals surface area contributed by atoms with Gasteiger partial charge in [0.15, 0.2) is 0 Å². The molecule has 0 aliphatic heterocycles. The second-order valence-corrected chi connectivity index (χ2v) is 2.59. The largest absolute Gasteiger partial charge is 0.281 e. The Morgan fingerprint density at radius 1 is 1.70 bits per heavy atom. The minimum atomic E-state index is -0.222. The smallest absolute Gasteiger partial charge is 0.225 e. The SMILES string of the molecule is CC=CCC(CC)C(=O)Cl. The van der Waals surface area contributed by atoms with Crippen molar-refractivity contribution < 1.29 is 4.79 Å². The molecule has 0 amide bonds. The third kappa shape index (κ3) is 3.67. The van der Waals surface area contributed by atoms with Crippen molar-refractivity contribution >= 4 is 16.8 Å². The van der Waals surface area contributed by atoms with Gasteiger partial charge in [0.05, 0.1) is 0 Å². The van der Waals surface area contributed by atoms with Gasteiger partial charge in [-0.15, -0.1) is 0 Å². The lowest BCUT2D eigenvalue weighted by Crippen LogP contribution is -2.05. The number of hydrogen-bond donors (Lipinski definition) is 0. The Balaban J connectivity index is 3.71. The van der Waals surface area contributed by atoms with E-state index in [9.17, 15) is 4.79 Å². The van der Waals surface area contributed by atoms with Crippen LogP contribution in [0.4, 0.5) is 0 Å². The molecular formula is C8H13ClO. The Labute approximate surface area is 67.1 Å². The van der Waals surface area contributed by atoms with Crippen LogP contribution in [0.2, 0.25) is 0 Å². The van der Waals surface area contributed by atoms with Crippen molar-refractivity contribution in [2.75, 3.05) is 0 Å². The summed E-state index contributed by atoms with van der Waals surface area (Å²) in [5.41, 5.74) is 0. The average Bonchev–Trinajstić information content (AvgIpc) is 1.89. The average molecular weight is 161 g/mol. The first-order valence-electron chi connectivity index (χ1n) is 3.52. The molecule has 1 nitrogen and oxygen atoms in total. The second-order valence-electron chi connectivity index (χ2n) is 2.21. The van der Waals surface area contributed by atoms with Crippen LogP contribution in [-0.4, -0.2) is 5.24 Å². The van der Waals surface area contributed by atoms with Crippen LogP contribution in [0.1, 0.15) is 26.7 Å². The van der Waals surface area contributed by atoms with Crippen LogP contribution in [0, 0.1) is 5.92 Å². The quantitative estimate of drug-likeness (QED) is 0.457. The Morgan fingerprint density at radius 3 is 2.60 bits per heavy atom. The van der Waals surface area contributed by atoms with Gasteiger partial charge in [0, 0.05) is 5.92 Å². The first-order valence-corrected chi connectivity index (χ1v) is 3.90. The summed E-state index contributed by atoms with van der Waals surface area (Å²) >= 11 is 5.31. The molecule has 0 aromatic rings. The van der Waals surface area contributed by atoms with E-state index in [1.165, 1.54) is 0 Å². The molecule has 0 aliphatic carbocycles. The Kier molecular flexibility index (Phi) is 5.32. The van der Waals surface area contributed by atoms with Gasteiger partial charge in [-0.2, -0.15) is 0 Å². The topological polar surface area (TPSA) is 17.1 Å². The van der Waals surface area contributed by atoms with Crippen LogP contribution in [0.15, 0.2) is 12.2 Å². The summed E-state index contributed by atoms with van der Waals surface area (Å²) in [7, 11) is 0. The highest BCUT2D eigenvalue weighted by atomic mass is 35.5. The highest BCUT2D eigenvalue weighted by Gasteiger charge is 2.10. The number of rotatable bonds is 4. The van der Waals surface area contributed by atoms with E-state index in [2.05, 4.69) is 0 Å². The highest BCUT2D eigenvalue weighted by Crippen LogP contribution is 2.12. The van der Waals surface area contributed by atoms with Crippen molar-refractivity contribution in [2.24, 2.45) is 5.92 Å². The van der Waals surface area contributed by atoms with Gasteiger partial charge in [0.2, 0.25) is 5.24 Å². The predicted molar refractivity (Wildman–Crippen MR) is 44.1 cm³/mol. The van der Waals surface area contributed by atoms with Gasteiger partial charge >= 0.3 is 0 Å². The maximum Gasteiger partial charge on any atom is 0.225 e. The fourth-order valence-corrected chi connectivity index (χ4v) is 0.964. The van der Waals surface area contributed by atoms with Gasteiger partial charge in [-0.3, -0.25) is 4.79 Å². The summed E-state index contributed by atoms with van der Waals surface area (Å²) in [6, 6.07) is 0. The zero-order chi connectivity index (χ0) is 7.98. The fourth-order valence-electron chi connectivity index (χ4n) is 0.720. The molecule has 0 radical (unpaired) electrons. The van der Waals surface area contributed by atoms with Gasteiger partial charge in [-0.05, 0) is 31.4 Å². The number of carbonyl (C=O) groups excluding carboxylic acids is 1. The maximum atomic E-state index is 10.6. The maximum absolute atomic E-state index is 10.6. The predicted octanol–water partition coefficient (Wildman–Crippen LogP) is 2.74. The third-order valence-electron chi connectivity index (χ3n) is 1.47. The second kappa shape index (κ2) is 5.48. The van der Waals surface area contributed by atoms with Crippen molar-refractivity contribution in [2.45, 2.75) is 26.7 Å². The third-order valence-corrected chi connectivity index (χ3v) is 1.78. The molecule has 58 valence electrons. The van der Waals surface area contributed by atoms with E-state index in [0.29, 0.717) is 0 Å². The molecule has 0 spiro atoms. The molecule has 0 fully saturated rings. The summed E-state index contributed by atoms with van der Waals surface area (Å²) in [6.07, 6.45) is 5.50. The van der Waals surface area contributed by atoms with E-state index >= 15 is 0 Å². The minimum absolute atomic E-state index is 0.0119. The summed E-state index contributed by atoms with van der Waals surface area (Å²) in [4.78, 5) is 10.6. The number of hydrogen-bond acceptors (Lipinski definition) is 1. The van der Waals surface area contributed by atoms with Crippen molar-refractivity contribution in [3.05, 3.63) is 12.2 Å². The molecule has 0 heterocycles. The first kappa shape index (κ1) is 9.70. The molecule has 0 rings (SSSR count). The van der Waals surface area contributed by atoms with Crippen molar-refractivity contribution in [3.8, 4) is 0 Å². The Morgan fingerprint density at radius 2 is 2.30 bits per heavy atom. The molecule has 1 atom stereocenters. The Bertz CT molecular complexity index is 129. The van der Waals surface area contributed by atoms with E-state index in [0.717, 1.165) is 12.8 Å². The molecule has 0 saturated carbocycles. The van der Waals surface area contributed by atoms with Crippen LogP contribution < -0.4 is 0 Å². The van der Waals surface area contributed by atoms with E-state index < -0.39 is 0 Å². The van der Waals surface area contributed by atoms with Crippen LogP contribution in [0.3, 0.4) is 0 Å². The van der Waals surface area contributed by atoms with Crippen LogP contribution >= 0.6 is 11.6 Å². The van der Waals surface area contributed by atoms with E-state index in [-0.39, 0.29) is 11.2 Å². The van der Waals surface area contributed by atoms with Crippen LogP contribution in [0.5, 0.6) is 0 Å². The molecular weight excluding hydrogens is 148 g/mol. The van der Waals surface area contributed by atoms with Gasteiger partial charge in [-0.25, -0.2) is 0 Å². The van der Waals surface area contributed by atoms with Crippen LogP contribution in [-0.2, 0) is 4.79 Å². The monoisotopic (exact) mass is 160 g/mol. The molecule has 1 unspecified atom stereocenters. The summed E-state index contributed by atoms with van der Waals surface area (Å²) in [5, 5.41) is -0.222. The van der Waals surface area contributed by atoms with Crippen LogP contribution in [0.25, 0.3) is 0 Å². The highest BCUT2D eigenvalue weighted by molar-refractivity contribution is 6.63. The number of carbonyl (C=O) groups is 1. The van der Waals surface area contributed by atoms with Crippen molar-refractivity contribution in [3.63, 3.8) is 0 Å².